The summed E-state index contributed by atoms with van der Waals surface area (Å²) in [6.07, 6.45) is 2.34. The Morgan fingerprint density at radius 2 is 1.85 bits per heavy atom. The molecule has 6 rings (SSSR count). The Balaban J connectivity index is 1.68. The predicted octanol–water partition coefficient (Wildman–Crippen LogP) is 3.82. The largest absolute Gasteiger partial charge is 0.478 e. The van der Waals surface area contributed by atoms with Crippen LogP contribution < -0.4 is 19.6 Å². The lowest BCUT2D eigenvalue weighted by molar-refractivity contribution is -0.120. The molecule has 0 aromatic heterocycles. The normalized spacial score (nSPS) is 15.2. The molecule has 0 atom stereocenters. The Morgan fingerprint density at radius 3 is 2.53 bits per heavy atom. The quantitative estimate of drug-likeness (QED) is 0.280. The van der Waals surface area contributed by atoms with E-state index in [1.807, 2.05) is 36.4 Å². The first-order valence-electron chi connectivity index (χ1n) is 11.4. The molecule has 0 amide bonds. The van der Waals surface area contributed by atoms with Crippen molar-refractivity contribution >= 4 is 29.1 Å². The Bertz CT molecular complexity index is 1490. The summed E-state index contributed by atoms with van der Waals surface area (Å²) in [6, 6.07) is 16.7. The van der Waals surface area contributed by atoms with E-state index in [1.165, 1.54) is 25.0 Å². The van der Waals surface area contributed by atoms with Gasteiger partial charge in [-0.25, -0.2) is 9.37 Å². The van der Waals surface area contributed by atoms with Crippen LogP contribution in [0.2, 0.25) is 0 Å². The van der Waals surface area contributed by atoms with Gasteiger partial charge in [-0.3, -0.25) is 4.79 Å². The van der Waals surface area contributed by atoms with Gasteiger partial charge < -0.3 is 19.2 Å². The van der Waals surface area contributed by atoms with Gasteiger partial charge in [-0.1, -0.05) is 0 Å². The third-order valence-corrected chi connectivity index (χ3v) is 6.81. The van der Waals surface area contributed by atoms with Crippen molar-refractivity contribution in [2.24, 2.45) is 0 Å². The van der Waals surface area contributed by atoms with Gasteiger partial charge in [-0.05, 0) is 42.8 Å². The number of carbonyl (C=O) groups excluding carboxylic acids is 1. The summed E-state index contributed by atoms with van der Waals surface area (Å²) in [4.78, 5) is 25.4. The van der Waals surface area contributed by atoms with Crippen molar-refractivity contribution in [2.45, 2.75) is 12.8 Å². The number of nitrogens with zero attached hydrogens (tertiary/aromatic N) is 2. The van der Waals surface area contributed by atoms with E-state index in [2.05, 4.69) is 9.48 Å². The molecule has 1 N–H and O–H groups in total. The van der Waals surface area contributed by atoms with Crippen LogP contribution in [0.5, 0.6) is 5.75 Å². The van der Waals surface area contributed by atoms with Gasteiger partial charge in [0.25, 0.3) is 6.47 Å². The first-order chi connectivity index (χ1) is 16.6. The molecule has 0 spiro atoms. The first kappa shape index (κ1) is 20.5. The van der Waals surface area contributed by atoms with Gasteiger partial charge in [0.15, 0.2) is 0 Å². The van der Waals surface area contributed by atoms with Gasteiger partial charge in [0.1, 0.15) is 30.2 Å². The number of rotatable bonds is 5. The van der Waals surface area contributed by atoms with E-state index in [0.29, 0.717) is 23.4 Å². The molecule has 3 heterocycles. The molecule has 7 heteroatoms. The molecule has 170 valence electrons. The zero-order chi connectivity index (χ0) is 23.2. The fourth-order valence-electron chi connectivity index (χ4n) is 4.75. The van der Waals surface area contributed by atoms with Gasteiger partial charge >= 0.3 is 5.97 Å². The van der Waals surface area contributed by atoms with Crippen molar-refractivity contribution in [3.05, 3.63) is 65.5 Å². The summed E-state index contributed by atoms with van der Waals surface area (Å²) >= 11 is 0. The number of benzene rings is 3. The second-order valence-electron chi connectivity index (χ2n) is 8.75. The second-order valence-corrected chi connectivity index (χ2v) is 8.75. The van der Waals surface area contributed by atoms with E-state index in [0.717, 1.165) is 53.7 Å². The molecule has 2 fully saturated rings. The summed E-state index contributed by atoms with van der Waals surface area (Å²) < 4.78 is 13.8. The standard InChI is InChI=1S/C27H22N2O5/c30-16-33-19-5-8-20(27(31)32)23(15-19)26-21-6-3-17(28-9-1-10-28)13-24(21)34-25-14-18(4-7-22(25)26)29-11-2-12-29/h3-8,13-16H,1-2,9-12H2/p+1. The molecular formula is C27H23N2O5+. The number of carboxylic acids is 1. The van der Waals surface area contributed by atoms with E-state index < -0.39 is 5.97 Å². The summed E-state index contributed by atoms with van der Waals surface area (Å²) in [5.41, 5.74) is 3.93. The van der Waals surface area contributed by atoms with Crippen LogP contribution in [-0.2, 0) is 4.79 Å². The van der Waals surface area contributed by atoms with Crippen LogP contribution in [0.15, 0.2) is 59.0 Å². The molecule has 2 saturated heterocycles. The van der Waals surface area contributed by atoms with Crippen LogP contribution in [0.4, 0.5) is 5.69 Å². The summed E-state index contributed by atoms with van der Waals surface area (Å²) in [7, 11) is 0. The van der Waals surface area contributed by atoms with Crippen molar-refractivity contribution in [3.63, 3.8) is 0 Å². The van der Waals surface area contributed by atoms with Gasteiger partial charge in [-0.15, -0.1) is 0 Å². The summed E-state index contributed by atoms with van der Waals surface area (Å²) in [5.74, 6) is -0.0821. The average Bonchev–Trinajstić information content (AvgIpc) is 2.75. The number of fused-ring (bicyclic) bond motifs is 2. The number of ether oxygens (including phenoxy) is 1. The van der Waals surface area contributed by atoms with Crippen molar-refractivity contribution in [2.75, 3.05) is 31.1 Å². The van der Waals surface area contributed by atoms with E-state index in [1.54, 1.807) is 6.07 Å². The molecule has 0 bridgehead atoms. The smallest absolute Gasteiger partial charge is 0.336 e. The highest BCUT2D eigenvalue weighted by molar-refractivity contribution is 6.08. The van der Waals surface area contributed by atoms with Crippen LogP contribution in [0.1, 0.15) is 23.2 Å². The van der Waals surface area contributed by atoms with Gasteiger partial charge in [0.05, 0.1) is 18.1 Å². The van der Waals surface area contributed by atoms with Gasteiger partial charge in [-0.2, -0.15) is 0 Å². The van der Waals surface area contributed by atoms with E-state index >= 15 is 0 Å². The maximum absolute atomic E-state index is 12.2. The maximum atomic E-state index is 12.2. The van der Waals surface area contributed by atoms with Crippen molar-refractivity contribution in [3.8, 4) is 28.2 Å². The van der Waals surface area contributed by atoms with Crippen LogP contribution >= 0.6 is 0 Å². The molecule has 0 unspecified atom stereocenters. The molecule has 2 aromatic carbocycles. The van der Waals surface area contributed by atoms with Crippen LogP contribution in [0.3, 0.4) is 0 Å². The summed E-state index contributed by atoms with van der Waals surface area (Å²) in [6.45, 7) is 4.39. The fraction of sp³-hybridized carbons (Fsp3) is 0.222. The minimum absolute atomic E-state index is 0.130. The van der Waals surface area contributed by atoms with Crippen LogP contribution in [0.25, 0.3) is 33.4 Å². The number of aromatic carboxylic acids is 1. The maximum Gasteiger partial charge on any atom is 0.336 e. The average molecular weight is 455 g/mol. The predicted molar refractivity (Wildman–Crippen MR) is 128 cm³/mol. The van der Waals surface area contributed by atoms with Crippen molar-refractivity contribution in [1.29, 1.82) is 0 Å². The van der Waals surface area contributed by atoms with Crippen LogP contribution in [0, 0.1) is 0 Å². The highest BCUT2D eigenvalue weighted by atomic mass is 16.5. The zero-order valence-electron chi connectivity index (χ0n) is 18.5. The topological polar surface area (TPSA) is 83.0 Å². The van der Waals surface area contributed by atoms with E-state index in [9.17, 15) is 14.7 Å². The Hall–Kier alpha value is -4.13. The Labute approximate surface area is 195 Å². The number of hydrogen-bond acceptors (Lipinski definition) is 5. The van der Waals surface area contributed by atoms with Crippen molar-refractivity contribution in [1.82, 2.24) is 4.58 Å². The highest BCUT2D eigenvalue weighted by Gasteiger charge is 2.25. The fourth-order valence-corrected chi connectivity index (χ4v) is 4.75. The minimum Gasteiger partial charge on any atom is -0.478 e. The SMILES string of the molecule is O=COc1ccc(C(=O)O)c(-c2c3ccc(=[N+]4CCC4)cc-3oc3cc(N4CCC4)ccc23)c1. The molecule has 3 aliphatic heterocycles. The first-order valence-corrected chi connectivity index (χ1v) is 11.4. The zero-order valence-corrected chi connectivity index (χ0v) is 18.5. The molecule has 2 aromatic rings. The summed E-state index contributed by atoms with van der Waals surface area (Å²) in [5, 5.41) is 11.8. The van der Waals surface area contributed by atoms with E-state index in [-0.39, 0.29) is 11.3 Å². The van der Waals surface area contributed by atoms with E-state index in [4.69, 9.17) is 9.15 Å². The molecular weight excluding hydrogens is 432 g/mol. The molecule has 4 aliphatic rings. The lowest BCUT2D eigenvalue weighted by Crippen LogP contribution is -2.40. The second kappa shape index (κ2) is 8.02. The molecule has 0 radical (unpaired) electrons. The lowest BCUT2D eigenvalue weighted by atomic mass is 9.90. The molecule has 0 saturated carbocycles. The Morgan fingerprint density at radius 1 is 1.00 bits per heavy atom. The molecule has 7 nitrogen and oxygen atoms in total. The lowest BCUT2D eigenvalue weighted by Gasteiger charge is -2.33. The third kappa shape index (κ3) is 3.32. The monoisotopic (exact) mass is 455 g/mol. The Kier molecular flexibility index (Phi) is 4.83. The highest BCUT2D eigenvalue weighted by Crippen LogP contribution is 2.43. The van der Waals surface area contributed by atoms with Gasteiger partial charge in [0, 0.05) is 53.0 Å². The van der Waals surface area contributed by atoms with Crippen LogP contribution in [-0.4, -0.2) is 43.7 Å². The molecule has 34 heavy (non-hydrogen) atoms. The number of carboxylic acid groups (broad SMARTS) is 1. The van der Waals surface area contributed by atoms with Crippen molar-refractivity contribution < 1.29 is 23.8 Å². The molecule has 1 aliphatic carbocycles. The number of hydrogen-bond donors (Lipinski definition) is 1. The number of carbonyl (C=O) groups is 2. The third-order valence-electron chi connectivity index (χ3n) is 6.81. The van der Waals surface area contributed by atoms with Gasteiger partial charge in [0.2, 0.25) is 5.36 Å². The minimum atomic E-state index is -1.05. The number of anilines is 1.